The first-order valence-electron chi connectivity index (χ1n) is 9.99. The number of aryl methyl sites for hydroxylation is 1. The molecule has 1 unspecified atom stereocenters. The molecule has 1 aliphatic heterocycles. The first-order chi connectivity index (χ1) is 14.4. The van der Waals surface area contributed by atoms with Gasteiger partial charge in [0.15, 0.2) is 0 Å². The lowest BCUT2D eigenvalue weighted by Crippen LogP contribution is -2.42. The largest absolute Gasteiger partial charge is 0.374 e. The molecule has 0 saturated carbocycles. The summed E-state index contributed by atoms with van der Waals surface area (Å²) >= 11 is 0. The lowest BCUT2D eigenvalue weighted by Gasteiger charge is -2.31. The molecule has 7 heteroatoms. The zero-order valence-corrected chi connectivity index (χ0v) is 17.3. The molecule has 158 valence electrons. The Bertz CT molecular complexity index is 1090. The van der Waals surface area contributed by atoms with E-state index in [2.05, 4.69) is 10.2 Å². The minimum Gasteiger partial charge on any atom is -0.374 e. The number of carbonyl (C=O) groups excluding carboxylic acids is 1. The van der Waals surface area contributed by atoms with E-state index in [1.165, 1.54) is 7.05 Å². The van der Waals surface area contributed by atoms with Crippen molar-refractivity contribution in [2.24, 2.45) is 0 Å². The summed E-state index contributed by atoms with van der Waals surface area (Å²) in [6.45, 7) is 4.68. The first-order valence-corrected chi connectivity index (χ1v) is 9.99. The number of hydrogen-bond donors (Lipinski definition) is 1. The molecule has 0 bridgehead atoms. The van der Waals surface area contributed by atoms with Gasteiger partial charge < -0.3 is 19.5 Å². The fraction of sp³-hybridized carbons (Fsp3) is 0.348. The topological polar surface area (TPSA) is 46.5 Å². The van der Waals surface area contributed by atoms with Crippen molar-refractivity contribution in [1.82, 2.24) is 14.8 Å². The van der Waals surface area contributed by atoms with Crippen molar-refractivity contribution >= 4 is 16.8 Å². The van der Waals surface area contributed by atoms with Crippen LogP contribution in [-0.4, -0.2) is 55.3 Å². The van der Waals surface area contributed by atoms with Gasteiger partial charge in [0.1, 0.15) is 11.6 Å². The van der Waals surface area contributed by atoms with E-state index in [1.54, 1.807) is 6.07 Å². The summed E-state index contributed by atoms with van der Waals surface area (Å²) in [4.78, 5) is 14.0. The maximum absolute atomic E-state index is 15.0. The number of nitrogens with zero attached hydrogens (tertiary/aromatic N) is 2. The Morgan fingerprint density at radius 3 is 2.60 bits per heavy atom. The number of aromatic nitrogens is 1. The second kappa shape index (κ2) is 8.16. The molecular formula is C23H25F2N3O2. The van der Waals surface area contributed by atoms with Gasteiger partial charge in [-0.3, -0.25) is 4.79 Å². The van der Waals surface area contributed by atoms with Gasteiger partial charge in [0.05, 0.1) is 30.5 Å². The highest BCUT2D eigenvalue weighted by molar-refractivity contribution is 5.95. The number of carbonyl (C=O) groups is 1. The molecule has 0 spiro atoms. The second-order valence-electron chi connectivity index (χ2n) is 7.85. The number of nitrogens with one attached hydrogen (secondary N) is 1. The van der Waals surface area contributed by atoms with Crippen molar-refractivity contribution in [2.75, 3.05) is 33.8 Å². The summed E-state index contributed by atoms with van der Waals surface area (Å²) in [6, 6.07) is 9.91. The average molecular weight is 413 g/mol. The van der Waals surface area contributed by atoms with Crippen molar-refractivity contribution in [3.05, 3.63) is 59.2 Å². The Morgan fingerprint density at radius 2 is 1.93 bits per heavy atom. The number of rotatable bonds is 4. The molecule has 1 aromatic heterocycles. The number of fused-ring (bicyclic) bond motifs is 1. The lowest BCUT2D eigenvalue weighted by atomic mass is 10.1. The van der Waals surface area contributed by atoms with Gasteiger partial charge in [-0.15, -0.1) is 0 Å². The summed E-state index contributed by atoms with van der Waals surface area (Å²) in [5.41, 5.74) is 2.20. The maximum Gasteiger partial charge on any atom is 0.251 e. The van der Waals surface area contributed by atoms with Crippen molar-refractivity contribution in [1.29, 1.82) is 0 Å². The van der Waals surface area contributed by atoms with Crippen LogP contribution in [0.4, 0.5) is 8.78 Å². The third-order valence-corrected chi connectivity index (χ3v) is 5.57. The molecule has 5 nitrogen and oxygen atoms in total. The summed E-state index contributed by atoms with van der Waals surface area (Å²) in [6.07, 6.45) is -0.0873. The van der Waals surface area contributed by atoms with Gasteiger partial charge in [0.2, 0.25) is 0 Å². The molecule has 1 atom stereocenters. The van der Waals surface area contributed by atoms with Crippen LogP contribution < -0.4 is 5.32 Å². The van der Waals surface area contributed by atoms with Gasteiger partial charge in [-0.2, -0.15) is 0 Å². The molecule has 4 rings (SSSR count). The van der Waals surface area contributed by atoms with Gasteiger partial charge in [0.25, 0.3) is 5.91 Å². The van der Waals surface area contributed by atoms with Gasteiger partial charge in [0, 0.05) is 36.6 Å². The SMILES string of the molecule is CNC(=O)c1cc(F)c(-c2cc3cc(C)ccc3n2CC2CN(C)CCO2)c(F)c1. The minimum absolute atomic E-state index is 0.0491. The van der Waals surface area contributed by atoms with E-state index in [1.807, 2.05) is 36.7 Å². The molecule has 1 amide bonds. The third-order valence-electron chi connectivity index (χ3n) is 5.57. The van der Waals surface area contributed by atoms with Crippen LogP contribution in [0.5, 0.6) is 0 Å². The average Bonchev–Trinajstić information content (AvgIpc) is 3.03. The molecule has 1 aliphatic rings. The van der Waals surface area contributed by atoms with Crippen molar-refractivity contribution < 1.29 is 18.3 Å². The van der Waals surface area contributed by atoms with Crippen molar-refractivity contribution in [3.63, 3.8) is 0 Å². The fourth-order valence-electron chi connectivity index (χ4n) is 4.07. The molecular weight excluding hydrogens is 388 g/mol. The van der Waals surface area contributed by atoms with E-state index in [0.717, 1.165) is 41.7 Å². The van der Waals surface area contributed by atoms with Gasteiger partial charge in [-0.05, 0) is 44.3 Å². The molecule has 1 saturated heterocycles. The highest BCUT2D eigenvalue weighted by Crippen LogP contribution is 2.33. The monoisotopic (exact) mass is 413 g/mol. The molecule has 2 aromatic carbocycles. The fourth-order valence-corrected chi connectivity index (χ4v) is 4.07. The lowest BCUT2D eigenvalue weighted by molar-refractivity contribution is -0.0267. The standard InChI is InChI=1S/C23H25F2N3O2/c1-14-4-5-20-15(8-14)11-21(28(20)13-17-12-27(3)6-7-30-17)22-18(24)9-16(10-19(22)25)23(29)26-2/h4-5,8-11,17H,6-7,12-13H2,1-3H3,(H,26,29). The number of morpholine rings is 1. The number of ether oxygens (including phenoxy) is 1. The Balaban J connectivity index is 1.85. The Morgan fingerprint density at radius 1 is 1.20 bits per heavy atom. The van der Waals surface area contributed by atoms with Crippen LogP contribution in [0.15, 0.2) is 36.4 Å². The Kier molecular flexibility index (Phi) is 5.58. The zero-order chi connectivity index (χ0) is 21.4. The van der Waals surface area contributed by atoms with Crippen molar-refractivity contribution in [3.8, 4) is 11.3 Å². The predicted molar refractivity (Wildman–Crippen MR) is 113 cm³/mol. The highest BCUT2D eigenvalue weighted by atomic mass is 19.1. The number of benzene rings is 2. The van der Waals surface area contributed by atoms with E-state index in [-0.39, 0.29) is 17.2 Å². The summed E-state index contributed by atoms with van der Waals surface area (Å²) < 4.78 is 37.9. The van der Waals surface area contributed by atoms with Crippen LogP contribution in [0.2, 0.25) is 0 Å². The number of likely N-dealkylation sites (N-methyl/N-ethyl adjacent to an activating group) is 1. The second-order valence-corrected chi connectivity index (χ2v) is 7.85. The molecule has 2 heterocycles. The van der Waals surface area contributed by atoms with Crippen LogP contribution in [0.1, 0.15) is 15.9 Å². The number of amides is 1. The molecule has 1 N–H and O–H groups in total. The van der Waals surface area contributed by atoms with E-state index < -0.39 is 17.5 Å². The molecule has 30 heavy (non-hydrogen) atoms. The van der Waals surface area contributed by atoms with E-state index in [4.69, 9.17) is 4.74 Å². The van der Waals surface area contributed by atoms with E-state index >= 15 is 8.78 Å². The summed E-state index contributed by atoms with van der Waals surface area (Å²) in [5, 5.41) is 3.30. The van der Waals surface area contributed by atoms with Gasteiger partial charge in [-0.25, -0.2) is 8.78 Å². The van der Waals surface area contributed by atoms with Gasteiger partial charge in [-0.1, -0.05) is 11.6 Å². The summed E-state index contributed by atoms with van der Waals surface area (Å²) in [5.74, 6) is -2.07. The summed E-state index contributed by atoms with van der Waals surface area (Å²) in [7, 11) is 3.46. The Labute approximate surface area is 174 Å². The molecule has 3 aromatic rings. The molecule has 0 radical (unpaired) electrons. The van der Waals surface area contributed by atoms with E-state index in [0.29, 0.717) is 18.8 Å². The smallest absolute Gasteiger partial charge is 0.251 e. The first kappa shape index (κ1) is 20.5. The quantitative estimate of drug-likeness (QED) is 0.711. The van der Waals surface area contributed by atoms with Crippen molar-refractivity contribution in [2.45, 2.75) is 19.6 Å². The number of halogens is 2. The minimum atomic E-state index is -0.768. The van der Waals surface area contributed by atoms with Crippen LogP contribution in [-0.2, 0) is 11.3 Å². The molecule has 1 fully saturated rings. The normalized spacial score (nSPS) is 17.4. The van der Waals surface area contributed by atoms with Crippen LogP contribution in [0.25, 0.3) is 22.2 Å². The van der Waals surface area contributed by atoms with E-state index in [9.17, 15) is 4.79 Å². The van der Waals surface area contributed by atoms with Gasteiger partial charge >= 0.3 is 0 Å². The van der Waals surface area contributed by atoms with Crippen LogP contribution >= 0.6 is 0 Å². The highest BCUT2D eigenvalue weighted by Gasteiger charge is 2.24. The zero-order valence-electron chi connectivity index (χ0n) is 17.3. The maximum atomic E-state index is 15.0. The van der Waals surface area contributed by atoms with Crippen LogP contribution in [0.3, 0.4) is 0 Å². The Hall–Kier alpha value is -2.77. The predicted octanol–water partition coefficient (Wildman–Crippen LogP) is 3.59. The number of hydrogen-bond acceptors (Lipinski definition) is 3. The van der Waals surface area contributed by atoms with Crippen LogP contribution in [0, 0.1) is 18.6 Å². The third kappa shape index (κ3) is 3.82. The molecule has 0 aliphatic carbocycles.